The Kier molecular flexibility index (Phi) is 7.19. The summed E-state index contributed by atoms with van der Waals surface area (Å²) in [6, 6.07) is 7.64. The van der Waals surface area contributed by atoms with E-state index in [4.69, 9.17) is 14.7 Å². The van der Waals surface area contributed by atoms with Crippen LogP contribution in [0.4, 0.5) is 0 Å². The van der Waals surface area contributed by atoms with Crippen LogP contribution in [0.3, 0.4) is 0 Å². The Hall–Kier alpha value is -1.59. The van der Waals surface area contributed by atoms with Crippen LogP contribution >= 0.6 is 0 Å². The highest BCUT2D eigenvalue weighted by Crippen LogP contribution is 2.28. The molecule has 0 radical (unpaired) electrons. The molecule has 0 unspecified atom stereocenters. The summed E-state index contributed by atoms with van der Waals surface area (Å²) < 4.78 is 5.30. The van der Waals surface area contributed by atoms with Gasteiger partial charge in [0.2, 0.25) is 5.91 Å². The quantitative estimate of drug-likeness (QED) is 0.722. The lowest BCUT2D eigenvalue weighted by atomic mass is 9.96. The van der Waals surface area contributed by atoms with Crippen molar-refractivity contribution in [2.75, 3.05) is 13.7 Å². The summed E-state index contributed by atoms with van der Waals surface area (Å²) in [7, 11) is 1.61. The largest absolute Gasteiger partial charge is 0.496 e. The molecule has 2 atom stereocenters. The number of hydrogen-bond acceptors (Lipinski definition) is 4. The van der Waals surface area contributed by atoms with Crippen molar-refractivity contribution >= 4 is 5.91 Å². The molecule has 118 valence electrons. The number of ether oxygens (including phenoxy) is 1. The van der Waals surface area contributed by atoms with Gasteiger partial charge in [-0.3, -0.25) is 9.63 Å². The highest BCUT2D eigenvalue weighted by Gasteiger charge is 2.18. The van der Waals surface area contributed by atoms with Gasteiger partial charge in [-0.15, -0.1) is 0 Å². The Morgan fingerprint density at radius 3 is 2.52 bits per heavy atom. The number of hydroxylamine groups is 1. The van der Waals surface area contributed by atoms with Gasteiger partial charge in [-0.05, 0) is 23.5 Å². The lowest BCUT2D eigenvalue weighted by Crippen LogP contribution is -2.35. The fraction of sp³-hybridized carbons (Fsp3) is 0.562. The number of rotatable bonds is 8. The van der Waals surface area contributed by atoms with Gasteiger partial charge in [-0.25, -0.2) is 5.48 Å². The molecular weight excluding hydrogens is 270 g/mol. The van der Waals surface area contributed by atoms with Crippen molar-refractivity contribution in [3.8, 4) is 5.75 Å². The summed E-state index contributed by atoms with van der Waals surface area (Å²) in [5, 5.41) is 9.14. The van der Waals surface area contributed by atoms with Crippen molar-refractivity contribution < 1.29 is 19.5 Å². The third kappa shape index (κ3) is 5.36. The second-order valence-corrected chi connectivity index (χ2v) is 5.46. The summed E-state index contributed by atoms with van der Waals surface area (Å²) >= 11 is 0. The summed E-state index contributed by atoms with van der Waals surface area (Å²) in [5.74, 6) is 0.694. The smallest absolute Gasteiger partial charge is 0.244 e. The first-order chi connectivity index (χ1) is 9.99. The fourth-order valence-electron chi connectivity index (χ4n) is 2.03. The van der Waals surface area contributed by atoms with Crippen molar-refractivity contribution in [2.45, 2.75) is 39.2 Å². The number of para-hydroxylation sites is 1. The molecule has 0 fully saturated rings. The summed E-state index contributed by atoms with van der Waals surface area (Å²) in [6.07, 6.45) is -0.105. The van der Waals surface area contributed by atoms with Crippen LogP contribution in [0.25, 0.3) is 0 Å². The van der Waals surface area contributed by atoms with Crippen LogP contribution in [-0.2, 0) is 9.63 Å². The standard InChI is InChI=1S/C16H25NO4/c1-11(2)15(10-18)21-17-16(19)9-12(3)13-7-5-6-8-14(13)20-4/h5-8,11-12,15,18H,9-10H2,1-4H3,(H,17,19)/t12-,15+/m1/s1. The van der Waals surface area contributed by atoms with E-state index in [0.717, 1.165) is 11.3 Å². The van der Waals surface area contributed by atoms with Gasteiger partial charge in [0, 0.05) is 6.42 Å². The van der Waals surface area contributed by atoms with Gasteiger partial charge in [0.1, 0.15) is 11.9 Å². The van der Waals surface area contributed by atoms with Gasteiger partial charge in [0.15, 0.2) is 0 Å². The maximum atomic E-state index is 11.9. The van der Waals surface area contributed by atoms with Gasteiger partial charge in [0.25, 0.3) is 0 Å². The van der Waals surface area contributed by atoms with Crippen LogP contribution in [0.5, 0.6) is 5.75 Å². The number of nitrogens with one attached hydrogen (secondary N) is 1. The molecule has 1 aromatic carbocycles. The molecule has 5 nitrogen and oxygen atoms in total. The molecule has 2 N–H and O–H groups in total. The number of carbonyl (C=O) groups is 1. The van der Waals surface area contributed by atoms with E-state index in [9.17, 15) is 4.79 Å². The molecule has 1 aromatic rings. The van der Waals surface area contributed by atoms with Crippen LogP contribution in [0.1, 0.15) is 38.7 Å². The molecule has 0 aliphatic rings. The topological polar surface area (TPSA) is 67.8 Å². The first-order valence-corrected chi connectivity index (χ1v) is 7.17. The van der Waals surface area contributed by atoms with E-state index in [-0.39, 0.29) is 30.8 Å². The van der Waals surface area contributed by atoms with Crippen LogP contribution in [-0.4, -0.2) is 30.8 Å². The lowest BCUT2D eigenvalue weighted by molar-refractivity contribution is -0.144. The van der Waals surface area contributed by atoms with Crippen molar-refractivity contribution in [1.82, 2.24) is 5.48 Å². The minimum Gasteiger partial charge on any atom is -0.496 e. The highest BCUT2D eigenvalue weighted by atomic mass is 16.7. The average molecular weight is 295 g/mol. The average Bonchev–Trinajstić information content (AvgIpc) is 2.47. The Labute approximate surface area is 126 Å². The molecular formula is C16H25NO4. The third-order valence-electron chi connectivity index (χ3n) is 3.41. The van der Waals surface area contributed by atoms with E-state index in [1.807, 2.05) is 45.0 Å². The van der Waals surface area contributed by atoms with Gasteiger partial charge < -0.3 is 9.84 Å². The number of benzene rings is 1. The number of aliphatic hydroxyl groups excluding tert-OH is 1. The monoisotopic (exact) mass is 295 g/mol. The SMILES string of the molecule is COc1ccccc1[C@H](C)CC(=O)NO[C@@H](CO)C(C)C. The minimum atomic E-state index is -0.393. The van der Waals surface area contributed by atoms with Crippen molar-refractivity contribution in [3.63, 3.8) is 0 Å². The lowest BCUT2D eigenvalue weighted by Gasteiger charge is -2.20. The first kappa shape index (κ1) is 17.5. The van der Waals surface area contributed by atoms with E-state index in [0.29, 0.717) is 0 Å². The molecule has 0 aliphatic heterocycles. The molecule has 0 bridgehead atoms. The maximum Gasteiger partial charge on any atom is 0.244 e. The van der Waals surface area contributed by atoms with Gasteiger partial charge >= 0.3 is 0 Å². The second kappa shape index (κ2) is 8.64. The zero-order chi connectivity index (χ0) is 15.8. The Morgan fingerprint density at radius 2 is 1.95 bits per heavy atom. The minimum absolute atomic E-state index is 0.0105. The number of amides is 1. The predicted octanol–water partition coefficient (Wildman–Crippen LogP) is 2.25. The normalized spacial score (nSPS) is 13.8. The molecule has 0 aromatic heterocycles. The van der Waals surface area contributed by atoms with E-state index in [1.54, 1.807) is 7.11 Å². The summed E-state index contributed by atoms with van der Waals surface area (Å²) in [5.41, 5.74) is 3.40. The Morgan fingerprint density at radius 1 is 1.29 bits per heavy atom. The fourth-order valence-corrected chi connectivity index (χ4v) is 2.03. The number of carbonyl (C=O) groups excluding carboxylic acids is 1. The molecule has 0 saturated carbocycles. The molecule has 0 spiro atoms. The molecule has 1 amide bonds. The highest BCUT2D eigenvalue weighted by molar-refractivity contribution is 5.75. The Bertz CT molecular complexity index is 448. The molecule has 5 heteroatoms. The maximum absolute atomic E-state index is 11.9. The van der Waals surface area contributed by atoms with Crippen molar-refractivity contribution in [2.24, 2.45) is 5.92 Å². The second-order valence-electron chi connectivity index (χ2n) is 5.46. The van der Waals surface area contributed by atoms with Crippen molar-refractivity contribution in [3.05, 3.63) is 29.8 Å². The van der Waals surface area contributed by atoms with Gasteiger partial charge in [-0.1, -0.05) is 39.0 Å². The van der Waals surface area contributed by atoms with Crippen molar-refractivity contribution in [1.29, 1.82) is 0 Å². The van der Waals surface area contributed by atoms with Crippen LogP contribution < -0.4 is 10.2 Å². The third-order valence-corrected chi connectivity index (χ3v) is 3.41. The summed E-state index contributed by atoms with van der Waals surface area (Å²) in [6.45, 7) is 5.68. The molecule has 1 rings (SSSR count). The van der Waals surface area contributed by atoms with E-state index < -0.39 is 6.10 Å². The number of hydrogen-bond donors (Lipinski definition) is 2. The Balaban J connectivity index is 2.54. The number of aliphatic hydroxyl groups is 1. The van der Waals surface area contributed by atoms with Crippen LogP contribution in [0.15, 0.2) is 24.3 Å². The van der Waals surface area contributed by atoms with E-state index >= 15 is 0 Å². The molecule has 0 heterocycles. The van der Waals surface area contributed by atoms with Crippen LogP contribution in [0, 0.1) is 5.92 Å². The first-order valence-electron chi connectivity index (χ1n) is 7.17. The molecule has 21 heavy (non-hydrogen) atoms. The van der Waals surface area contributed by atoms with E-state index in [2.05, 4.69) is 5.48 Å². The zero-order valence-corrected chi connectivity index (χ0v) is 13.1. The van der Waals surface area contributed by atoms with Gasteiger partial charge in [0.05, 0.1) is 13.7 Å². The predicted molar refractivity (Wildman–Crippen MR) is 81.0 cm³/mol. The van der Waals surface area contributed by atoms with E-state index in [1.165, 1.54) is 0 Å². The summed E-state index contributed by atoms with van der Waals surface area (Å²) in [4.78, 5) is 17.1. The zero-order valence-electron chi connectivity index (χ0n) is 13.1. The molecule has 0 saturated heterocycles. The van der Waals surface area contributed by atoms with Crippen LogP contribution in [0.2, 0.25) is 0 Å². The molecule has 0 aliphatic carbocycles. The number of methoxy groups -OCH3 is 1. The van der Waals surface area contributed by atoms with Gasteiger partial charge in [-0.2, -0.15) is 0 Å².